The summed E-state index contributed by atoms with van der Waals surface area (Å²) in [6, 6.07) is 0. The maximum absolute atomic E-state index is 4.61. The van der Waals surface area contributed by atoms with Crippen molar-refractivity contribution in [2.75, 3.05) is 13.7 Å². The Hall–Kier alpha value is -0.570. The van der Waals surface area contributed by atoms with E-state index in [1.807, 2.05) is 0 Å². The lowest BCUT2D eigenvalue weighted by Gasteiger charge is -1.78. The SMILES string of the molecule is COCC1=NO1. The summed E-state index contributed by atoms with van der Waals surface area (Å²) < 4.78 is 4.61. The summed E-state index contributed by atoms with van der Waals surface area (Å²) in [7, 11) is 1.60. The topological polar surface area (TPSA) is 34.1 Å². The number of rotatable bonds is 2. The molecule has 0 saturated heterocycles. The summed E-state index contributed by atoms with van der Waals surface area (Å²) >= 11 is 0. The van der Waals surface area contributed by atoms with Gasteiger partial charge >= 0.3 is 0 Å². The van der Waals surface area contributed by atoms with Gasteiger partial charge in [-0.05, 0) is 5.16 Å². The standard InChI is InChI=1S/C3H5NO2/c1-5-2-3-4-6-3/h2H2,1H3. The average Bonchev–Trinajstić information content (AvgIpc) is 2.21. The third-order valence-electron chi connectivity index (χ3n) is 0.488. The molecule has 3 nitrogen and oxygen atoms in total. The zero-order valence-corrected chi connectivity index (χ0v) is 3.47. The maximum atomic E-state index is 4.61. The van der Waals surface area contributed by atoms with Gasteiger partial charge in [0.15, 0.2) is 0 Å². The molecule has 1 aliphatic heterocycles. The first-order valence-electron chi connectivity index (χ1n) is 1.66. The van der Waals surface area contributed by atoms with Crippen LogP contribution in [0.15, 0.2) is 5.16 Å². The summed E-state index contributed by atoms with van der Waals surface area (Å²) in [5.41, 5.74) is 0. The number of hydrogen-bond acceptors (Lipinski definition) is 3. The molecular formula is C3H5NO2. The lowest BCUT2D eigenvalue weighted by atomic mass is 10.8. The Morgan fingerprint density at radius 3 is 2.83 bits per heavy atom. The smallest absolute Gasteiger partial charge is 0.286 e. The van der Waals surface area contributed by atoms with Gasteiger partial charge in [-0.3, -0.25) is 0 Å². The van der Waals surface area contributed by atoms with Crippen molar-refractivity contribution in [2.45, 2.75) is 0 Å². The van der Waals surface area contributed by atoms with Gasteiger partial charge in [-0.15, -0.1) is 0 Å². The first-order chi connectivity index (χ1) is 2.93. The minimum Gasteiger partial charge on any atom is -0.375 e. The van der Waals surface area contributed by atoms with Crippen LogP contribution in [-0.2, 0) is 9.57 Å². The van der Waals surface area contributed by atoms with Crippen molar-refractivity contribution in [1.82, 2.24) is 0 Å². The van der Waals surface area contributed by atoms with Gasteiger partial charge in [0.25, 0.3) is 5.90 Å². The van der Waals surface area contributed by atoms with E-state index < -0.39 is 0 Å². The molecule has 0 atom stereocenters. The van der Waals surface area contributed by atoms with Crippen LogP contribution >= 0.6 is 0 Å². The largest absolute Gasteiger partial charge is 0.375 e. The van der Waals surface area contributed by atoms with Gasteiger partial charge in [0, 0.05) is 7.11 Å². The predicted octanol–water partition coefficient (Wildman–Crippen LogP) is -0.0235. The van der Waals surface area contributed by atoms with Crippen molar-refractivity contribution in [3.05, 3.63) is 0 Å². The van der Waals surface area contributed by atoms with Crippen molar-refractivity contribution in [3.8, 4) is 0 Å². The molecule has 34 valence electrons. The Bertz CT molecular complexity index is 78.9. The highest BCUT2D eigenvalue weighted by Gasteiger charge is 2.10. The van der Waals surface area contributed by atoms with Crippen LogP contribution < -0.4 is 0 Å². The molecule has 0 radical (unpaired) electrons. The predicted molar refractivity (Wildman–Crippen MR) is 20.4 cm³/mol. The van der Waals surface area contributed by atoms with Crippen molar-refractivity contribution < 1.29 is 9.57 Å². The molecule has 0 bridgehead atoms. The molecule has 0 fully saturated rings. The second kappa shape index (κ2) is 1.26. The molecule has 0 N–H and O–H groups in total. The summed E-state index contributed by atoms with van der Waals surface area (Å²) in [4.78, 5) is 4.37. The Morgan fingerprint density at radius 2 is 2.67 bits per heavy atom. The molecule has 0 unspecified atom stereocenters. The van der Waals surface area contributed by atoms with Crippen LogP contribution in [0.3, 0.4) is 0 Å². The van der Waals surface area contributed by atoms with E-state index in [0.29, 0.717) is 12.5 Å². The van der Waals surface area contributed by atoms with Crippen LogP contribution in [0.1, 0.15) is 0 Å². The molecule has 1 heterocycles. The molecule has 0 saturated carbocycles. The monoisotopic (exact) mass is 87.0 g/mol. The number of ether oxygens (including phenoxy) is 1. The van der Waals surface area contributed by atoms with Crippen LogP contribution in [0.25, 0.3) is 0 Å². The molecule has 1 rings (SSSR count). The van der Waals surface area contributed by atoms with E-state index in [0.717, 1.165) is 0 Å². The van der Waals surface area contributed by atoms with Gasteiger partial charge < -0.3 is 9.57 Å². The molecule has 0 spiro atoms. The summed E-state index contributed by atoms with van der Waals surface area (Å²) in [6.07, 6.45) is 0. The van der Waals surface area contributed by atoms with Gasteiger partial charge in [0.1, 0.15) is 6.61 Å². The average molecular weight is 87.1 g/mol. The fourth-order valence-electron chi connectivity index (χ4n) is 0.208. The van der Waals surface area contributed by atoms with Gasteiger partial charge in [-0.2, -0.15) is 0 Å². The van der Waals surface area contributed by atoms with Crippen molar-refractivity contribution in [2.24, 2.45) is 5.16 Å². The second-order valence-electron chi connectivity index (χ2n) is 1.01. The van der Waals surface area contributed by atoms with Gasteiger partial charge in [-0.1, -0.05) is 0 Å². The van der Waals surface area contributed by atoms with E-state index in [4.69, 9.17) is 0 Å². The van der Waals surface area contributed by atoms with E-state index in [-0.39, 0.29) is 0 Å². The van der Waals surface area contributed by atoms with Gasteiger partial charge in [0.2, 0.25) is 0 Å². The van der Waals surface area contributed by atoms with Crippen LogP contribution in [-0.4, -0.2) is 19.6 Å². The second-order valence-corrected chi connectivity index (χ2v) is 1.01. The number of methoxy groups -OCH3 is 1. The van der Waals surface area contributed by atoms with E-state index in [9.17, 15) is 0 Å². The van der Waals surface area contributed by atoms with E-state index in [1.165, 1.54) is 0 Å². The third kappa shape index (κ3) is 0.687. The fourth-order valence-corrected chi connectivity index (χ4v) is 0.208. The van der Waals surface area contributed by atoms with Crippen molar-refractivity contribution >= 4 is 5.90 Å². The Balaban J connectivity index is 2.02. The van der Waals surface area contributed by atoms with Crippen LogP contribution in [0, 0.1) is 0 Å². The molecule has 0 aromatic heterocycles. The first kappa shape index (κ1) is 3.61. The maximum Gasteiger partial charge on any atom is 0.286 e. The first-order valence-corrected chi connectivity index (χ1v) is 1.66. The summed E-state index contributed by atoms with van der Waals surface area (Å²) in [6.45, 7) is 0.514. The number of nitrogens with zero attached hydrogens (tertiary/aromatic N) is 1. The van der Waals surface area contributed by atoms with E-state index in [2.05, 4.69) is 14.7 Å². The quantitative estimate of drug-likeness (QED) is 0.474. The van der Waals surface area contributed by atoms with Crippen LogP contribution in [0.2, 0.25) is 0 Å². The van der Waals surface area contributed by atoms with Crippen molar-refractivity contribution in [3.63, 3.8) is 0 Å². The molecule has 3 heteroatoms. The zero-order chi connectivity index (χ0) is 4.41. The molecule has 1 aliphatic rings. The van der Waals surface area contributed by atoms with Crippen LogP contribution in [0.5, 0.6) is 0 Å². The molecule has 0 aliphatic carbocycles. The number of oxime groups is 1. The lowest BCUT2D eigenvalue weighted by molar-refractivity contribution is 0.237. The minimum absolute atomic E-state index is 0.514. The third-order valence-corrected chi connectivity index (χ3v) is 0.488. The Morgan fingerprint density at radius 1 is 2.00 bits per heavy atom. The molecule has 0 amide bonds. The molecule has 0 aromatic rings. The normalized spacial score (nSPS) is 15.8. The molecule has 0 aromatic carbocycles. The van der Waals surface area contributed by atoms with Gasteiger partial charge in [0.05, 0.1) is 0 Å². The highest BCUT2D eigenvalue weighted by Crippen LogP contribution is 1.97. The number of hydrogen-bond donors (Lipinski definition) is 0. The Kier molecular flexibility index (Phi) is 0.759. The Labute approximate surface area is 35.5 Å². The van der Waals surface area contributed by atoms with Gasteiger partial charge in [-0.25, -0.2) is 0 Å². The fraction of sp³-hybridized carbons (Fsp3) is 0.667. The summed E-state index contributed by atoms with van der Waals surface area (Å²) in [5.74, 6) is 0.692. The van der Waals surface area contributed by atoms with E-state index >= 15 is 0 Å². The lowest BCUT2D eigenvalue weighted by Crippen LogP contribution is -1.92. The minimum atomic E-state index is 0.514. The van der Waals surface area contributed by atoms with E-state index in [1.54, 1.807) is 7.11 Å². The molecular weight excluding hydrogens is 82.0 g/mol. The van der Waals surface area contributed by atoms with Crippen LogP contribution in [0.4, 0.5) is 0 Å². The summed E-state index contributed by atoms with van der Waals surface area (Å²) in [5, 5.41) is 3.38. The van der Waals surface area contributed by atoms with Crippen molar-refractivity contribution in [1.29, 1.82) is 0 Å². The highest BCUT2D eigenvalue weighted by molar-refractivity contribution is 5.83. The highest BCUT2D eigenvalue weighted by atomic mass is 16.7. The zero-order valence-electron chi connectivity index (χ0n) is 3.47. The molecule has 6 heavy (non-hydrogen) atoms.